The van der Waals surface area contributed by atoms with Crippen molar-refractivity contribution in [3.8, 4) is 17.2 Å². The summed E-state index contributed by atoms with van der Waals surface area (Å²) in [5.41, 5.74) is 3.48. The lowest BCUT2D eigenvalue weighted by molar-refractivity contribution is 0.0736. The monoisotopic (exact) mass is 406 g/mol. The molecule has 2 heterocycles. The van der Waals surface area contributed by atoms with Crippen LogP contribution in [0.5, 0.6) is 11.5 Å². The van der Waals surface area contributed by atoms with Gasteiger partial charge in [0.2, 0.25) is 0 Å². The highest BCUT2D eigenvalue weighted by atomic mass is 16.5. The molecule has 1 aliphatic rings. The molecular weight excluding hydrogens is 380 g/mol. The molecular formula is C23H26N4O3. The third-order valence-electron chi connectivity index (χ3n) is 5.57. The highest BCUT2D eigenvalue weighted by Crippen LogP contribution is 2.31. The maximum atomic E-state index is 13.6. The summed E-state index contributed by atoms with van der Waals surface area (Å²) < 4.78 is 10.8. The van der Waals surface area contributed by atoms with Gasteiger partial charge in [0.15, 0.2) is 11.5 Å². The second-order valence-corrected chi connectivity index (χ2v) is 7.53. The number of ether oxygens (including phenoxy) is 2. The molecule has 7 heteroatoms. The Bertz CT molecular complexity index is 1030. The number of likely N-dealkylation sites (tertiary alicyclic amines) is 1. The van der Waals surface area contributed by atoms with Gasteiger partial charge < -0.3 is 14.4 Å². The van der Waals surface area contributed by atoms with Gasteiger partial charge in [-0.3, -0.25) is 4.79 Å². The molecule has 1 atom stereocenters. The molecule has 1 aromatic heterocycles. The van der Waals surface area contributed by atoms with E-state index in [4.69, 9.17) is 9.47 Å². The Kier molecular flexibility index (Phi) is 5.70. The molecule has 156 valence electrons. The summed E-state index contributed by atoms with van der Waals surface area (Å²) in [6, 6.07) is 11.9. The van der Waals surface area contributed by atoms with Crippen LogP contribution in [0.15, 0.2) is 48.8 Å². The van der Waals surface area contributed by atoms with Crippen LogP contribution in [-0.2, 0) is 6.42 Å². The van der Waals surface area contributed by atoms with E-state index >= 15 is 0 Å². The minimum Gasteiger partial charge on any atom is -0.493 e. The minimum atomic E-state index is 0.0222. The Morgan fingerprint density at radius 1 is 1.07 bits per heavy atom. The number of aromatic nitrogens is 3. The van der Waals surface area contributed by atoms with Crippen LogP contribution in [-0.4, -0.2) is 52.6 Å². The summed E-state index contributed by atoms with van der Waals surface area (Å²) in [5.74, 6) is 1.43. The fourth-order valence-corrected chi connectivity index (χ4v) is 4.09. The maximum Gasteiger partial charge on any atom is 0.256 e. The molecule has 0 N–H and O–H groups in total. The molecule has 0 bridgehead atoms. The number of rotatable bonds is 6. The lowest BCUT2D eigenvalue weighted by Crippen LogP contribution is -2.37. The van der Waals surface area contributed by atoms with Gasteiger partial charge in [-0.15, -0.1) is 0 Å². The molecule has 0 aliphatic carbocycles. The smallest absolute Gasteiger partial charge is 0.256 e. The van der Waals surface area contributed by atoms with Crippen molar-refractivity contribution >= 4 is 5.91 Å². The van der Waals surface area contributed by atoms with Crippen molar-refractivity contribution < 1.29 is 14.3 Å². The largest absolute Gasteiger partial charge is 0.493 e. The number of amides is 1. The lowest BCUT2D eigenvalue weighted by Gasteiger charge is -2.26. The Labute approximate surface area is 176 Å². The van der Waals surface area contributed by atoms with Crippen LogP contribution < -0.4 is 9.47 Å². The van der Waals surface area contributed by atoms with E-state index < -0.39 is 0 Å². The maximum absolute atomic E-state index is 13.6. The van der Waals surface area contributed by atoms with Crippen molar-refractivity contribution in [1.82, 2.24) is 19.9 Å². The Balaban J connectivity index is 1.60. The zero-order valence-electron chi connectivity index (χ0n) is 17.5. The third-order valence-corrected chi connectivity index (χ3v) is 5.57. The van der Waals surface area contributed by atoms with Crippen molar-refractivity contribution in [2.45, 2.75) is 32.2 Å². The van der Waals surface area contributed by atoms with Gasteiger partial charge in [0.25, 0.3) is 5.91 Å². The number of carbonyl (C=O) groups excluding carboxylic acids is 1. The van der Waals surface area contributed by atoms with Crippen molar-refractivity contribution in [3.05, 3.63) is 65.5 Å². The van der Waals surface area contributed by atoms with Crippen LogP contribution in [0.3, 0.4) is 0 Å². The molecule has 1 amide bonds. The fourth-order valence-electron chi connectivity index (χ4n) is 4.09. The van der Waals surface area contributed by atoms with Crippen LogP contribution in [0, 0.1) is 6.92 Å². The van der Waals surface area contributed by atoms with Gasteiger partial charge in [-0.2, -0.15) is 15.0 Å². The first-order chi connectivity index (χ1) is 14.6. The van der Waals surface area contributed by atoms with Crippen molar-refractivity contribution in [1.29, 1.82) is 0 Å². The topological polar surface area (TPSA) is 69.5 Å². The molecule has 0 unspecified atom stereocenters. The van der Waals surface area contributed by atoms with E-state index in [-0.39, 0.29) is 11.9 Å². The first-order valence-corrected chi connectivity index (χ1v) is 10.1. The Morgan fingerprint density at radius 2 is 1.83 bits per heavy atom. The van der Waals surface area contributed by atoms with Crippen LogP contribution in [0.2, 0.25) is 0 Å². The number of hydrogen-bond donors (Lipinski definition) is 0. The summed E-state index contributed by atoms with van der Waals surface area (Å²) in [6.45, 7) is 2.74. The van der Waals surface area contributed by atoms with Crippen LogP contribution >= 0.6 is 0 Å². The summed E-state index contributed by atoms with van der Waals surface area (Å²) in [6.07, 6.45) is 5.97. The van der Waals surface area contributed by atoms with Crippen LogP contribution in [0.25, 0.3) is 5.69 Å². The van der Waals surface area contributed by atoms with E-state index in [0.717, 1.165) is 36.9 Å². The van der Waals surface area contributed by atoms with E-state index in [0.29, 0.717) is 22.7 Å². The van der Waals surface area contributed by atoms with Crippen molar-refractivity contribution in [2.75, 3.05) is 20.8 Å². The van der Waals surface area contributed by atoms with E-state index in [1.54, 1.807) is 26.6 Å². The molecule has 1 aliphatic heterocycles. The lowest BCUT2D eigenvalue weighted by atomic mass is 10.0. The predicted octanol–water partition coefficient (Wildman–Crippen LogP) is 3.44. The molecule has 1 fully saturated rings. The van der Waals surface area contributed by atoms with Gasteiger partial charge in [-0.1, -0.05) is 17.7 Å². The van der Waals surface area contributed by atoms with Gasteiger partial charge in [-0.05, 0) is 56.0 Å². The fraction of sp³-hybridized carbons (Fsp3) is 0.348. The third kappa shape index (κ3) is 3.87. The molecule has 0 saturated carbocycles. The predicted molar refractivity (Wildman–Crippen MR) is 113 cm³/mol. The zero-order valence-corrected chi connectivity index (χ0v) is 17.5. The number of benzene rings is 2. The average molecular weight is 406 g/mol. The second-order valence-electron chi connectivity index (χ2n) is 7.53. The Morgan fingerprint density at radius 3 is 2.57 bits per heavy atom. The van der Waals surface area contributed by atoms with Gasteiger partial charge in [0, 0.05) is 12.6 Å². The summed E-state index contributed by atoms with van der Waals surface area (Å²) in [4.78, 5) is 17.0. The number of aryl methyl sites for hydroxylation is 1. The number of methoxy groups -OCH3 is 2. The molecule has 7 nitrogen and oxygen atoms in total. The molecule has 1 saturated heterocycles. The number of hydrogen-bond acceptors (Lipinski definition) is 5. The quantitative estimate of drug-likeness (QED) is 0.627. The highest BCUT2D eigenvalue weighted by Gasteiger charge is 2.31. The van der Waals surface area contributed by atoms with E-state index in [1.165, 1.54) is 4.80 Å². The van der Waals surface area contributed by atoms with Crippen molar-refractivity contribution in [2.24, 2.45) is 0 Å². The molecule has 0 spiro atoms. The van der Waals surface area contributed by atoms with Gasteiger partial charge in [-0.25, -0.2) is 0 Å². The number of nitrogens with zero attached hydrogens (tertiary/aromatic N) is 4. The Hall–Kier alpha value is -3.35. The molecule has 30 heavy (non-hydrogen) atoms. The van der Waals surface area contributed by atoms with Gasteiger partial charge >= 0.3 is 0 Å². The van der Waals surface area contributed by atoms with Gasteiger partial charge in [0.05, 0.1) is 37.9 Å². The summed E-state index contributed by atoms with van der Waals surface area (Å²) in [5, 5.41) is 8.43. The normalized spacial score (nSPS) is 16.0. The second kappa shape index (κ2) is 8.57. The van der Waals surface area contributed by atoms with Crippen LogP contribution in [0.4, 0.5) is 0 Å². The van der Waals surface area contributed by atoms with E-state index in [2.05, 4.69) is 10.2 Å². The van der Waals surface area contributed by atoms with Gasteiger partial charge in [0.1, 0.15) is 0 Å². The average Bonchev–Trinajstić information content (AvgIpc) is 3.45. The molecule has 4 rings (SSSR count). The molecule has 0 radical (unpaired) electrons. The first kappa shape index (κ1) is 19.9. The SMILES string of the molecule is COc1ccc(C[C@@H]2CCCN2C(=O)c2cc(C)ccc2-n2nccn2)cc1OC. The summed E-state index contributed by atoms with van der Waals surface area (Å²) in [7, 11) is 3.26. The number of carbonyl (C=O) groups is 1. The van der Waals surface area contributed by atoms with Crippen LogP contribution in [0.1, 0.15) is 34.3 Å². The van der Waals surface area contributed by atoms with E-state index in [9.17, 15) is 4.79 Å². The minimum absolute atomic E-state index is 0.0222. The molecule has 3 aromatic rings. The zero-order chi connectivity index (χ0) is 21.1. The standard InChI is InChI=1S/C23H26N4O3/c1-16-6-8-20(27-24-10-11-25-27)19(13-16)23(28)26-12-4-5-18(26)14-17-7-9-21(29-2)22(15-17)30-3/h6-11,13,15,18H,4-5,12,14H2,1-3H3/t18-/m0/s1. The first-order valence-electron chi connectivity index (χ1n) is 10.1. The van der Waals surface area contributed by atoms with Crippen molar-refractivity contribution in [3.63, 3.8) is 0 Å². The summed E-state index contributed by atoms with van der Waals surface area (Å²) >= 11 is 0. The van der Waals surface area contributed by atoms with E-state index in [1.807, 2.05) is 48.2 Å². The highest BCUT2D eigenvalue weighted by molar-refractivity contribution is 5.98. The molecule has 2 aromatic carbocycles.